The van der Waals surface area contributed by atoms with E-state index >= 15 is 0 Å². The van der Waals surface area contributed by atoms with Gasteiger partial charge in [-0.1, -0.05) is 6.92 Å². The summed E-state index contributed by atoms with van der Waals surface area (Å²) >= 11 is 0. The van der Waals surface area contributed by atoms with Crippen molar-refractivity contribution in [3.8, 4) is 0 Å². The van der Waals surface area contributed by atoms with E-state index in [1.54, 1.807) is 0 Å². The molecule has 14 heavy (non-hydrogen) atoms. The quantitative estimate of drug-likeness (QED) is 0.663. The average Bonchev–Trinajstić information content (AvgIpc) is 2.45. The Morgan fingerprint density at radius 1 is 1.29 bits per heavy atom. The Kier molecular flexibility index (Phi) is 3.42. The van der Waals surface area contributed by atoms with Crippen molar-refractivity contribution in [1.29, 1.82) is 0 Å². The highest BCUT2D eigenvalue weighted by Crippen LogP contribution is 2.20. The van der Waals surface area contributed by atoms with E-state index in [9.17, 15) is 0 Å². The predicted molar refractivity (Wildman–Crippen MR) is 59.3 cm³/mol. The molecule has 0 aliphatic carbocycles. The standard InChI is InChI=1S/C11H23N3/c1-10-8-12-5-7-14(9-10)11-4-3-6-13(11)2/h10-12H,3-9H2,1-2H3. The van der Waals surface area contributed by atoms with Crippen LogP contribution in [0.3, 0.4) is 0 Å². The lowest BCUT2D eigenvalue weighted by molar-refractivity contribution is 0.0904. The van der Waals surface area contributed by atoms with Gasteiger partial charge in [-0.25, -0.2) is 0 Å². The molecule has 2 saturated heterocycles. The van der Waals surface area contributed by atoms with Gasteiger partial charge in [0, 0.05) is 19.6 Å². The summed E-state index contributed by atoms with van der Waals surface area (Å²) < 4.78 is 0. The minimum absolute atomic E-state index is 0.720. The molecule has 2 aliphatic rings. The molecule has 82 valence electrons. The van der Waals surface area contributed by atoms with Gasteiger partial charge in [-0.15, -0.1) is 0 Å². The molecule has 0 spiro atoms. The first-order valence-corrected chi connectivity index (χ1v) is 5.92. The Bertz CT molecular complexity index is 183. The largest absolute Gasteiger partial charge is 0.315 e. The Morgan fingerprint density at radius 2 is 2.14 bits per heavy atom. The topological polar surface area (TPSA) is 18.5 Å². The molecule has 0 aromatic rings. The van der Waals surface area contributed by atoms with Crippen molar-refractivity contribution < 1.29 is 0 Å². The van der Waals surface area contributed by atoms with E-state index in [0.29, 0.717) is 0 Å². The summed E-state index contributed by atoms with van der Waals surface area (Å²) in [6.07, 6.45) is 3.46. The number of likely N-dealkylation sites (tertiary alicyclic amines) is 1. The molecule has 2 fully saturated rings. The molecule has 0 aromatic carbocycles. The third-order valence-electron chi connectivity index (χ3n) is 3.52. The monoisotopic (exact) mass is 197 g/mol. The molecule has 1 N–H and O–H groups in total. The van der Waals surface area contributed by atoms with Gasteiger partial charge in [-0.2, -0.15) is 0 Å². The zero-order chi connectivity index (χ0) is 9.97. The summed E-state index contributed by atoms with van der Waals surface area (Å²) in [5.41, 5.74) is 0. The zero-order valence-electron chi connectivity index (χ0n) is 9.50. The number of hydrogen-bond donors (Lipinski definition) is 1. The molecule has 0 bridgehead atoms. The molecule has 2 atom stereocenters. The van der Waals surface area contributed by atoms with Crippen molar-refractivity contribution >= 4 is 0 Å². The van der Waals surface area contributed by atoms with Crippen LogP contribution in [-0.4, -0.2) is 55.7 Å². The fourth-order valence-corrected chi connectivity index (χ4v) is 2.75. The Balaban J connectivity index is 1.94. The van der Waals surface area contributed by atoms with Gasteiger partial charge in [0.2, 0.25) is 0 Å². The number of nitrogens with one attached hydrogen (secondary N) is 1. The predicted octanol–water partition coefficient (Wildman–Crippen LogP) is 0.579. The van der Waals surface area contributed by atoms with Crippen LogP contribution < -0.4 is 5.32 Å². The third kappa shape index (κ3) is 2.27. The van der Waals surface area contributed by atoms with Crippen LogP contribution >= 0.6 is 0 Å². The SMILES string of the molecule is CC1CNCCN(C2CCCN2C)C1. The van der Waals surface area contributed by atoms with Crippen LogP contribution in [0.4, 0.5) is 0 Å². The highest BCUT2D eigenvalue weighted by molar-refractivity contribution is 4.81. The first-order chi connectivity index (χ1) is 6.77. The van der Waals surface area contributed by atoms with E-state index < -0.39 is 0 Å². The van der Waals surface area contributed by atoms with Crippen molar-refractivity contribution in [2.24, 2.45) is 5.92 Å². The molecule has 2 heterocycles. The fourth-order valence-electron chi connectivity index (χ4n) is 2.75. The van der Waals surface area contributed by atoms with E-state index in [0.717, 1.165) is 18.6 Å². The van der Waals surface area contributed by atoms with Gasteiger partial charge in [-0.3, -0.25) is 9.80 Å². The van der Waals surface area contributed by atoms with Gasteiger partial charge in [0.05, 0.1) is 6.17 Å². The van der Waals surface area contributed by atoms with Gasteiger partial charge in [0.15, 0.2) is 0 Å². The first kappa shape index (κ1) is 10.4. The second-order valence-electron chi connectivity index (χ2n) is 4.91. The Hall–Kier alpha value is -0.120. The number of hydrogen-bond acceptors (Lipinski definition) is 3. The van der Waals surface area contributed by atoms with Gasteiger partial charge < -0.3 is 5.32 Å². The van der Waals surface area contributed by atoms with E-state index in [1.807, 2.05) is 0 Å². The average molecular weight is 197 g/mol. The summed E-state index contributed by atoms with van der Waals surface area (Å²) in [6, 6.07) is 0. The molecule has 3 nitrogen and oxygen atoms in total. The van der Waals surface area contributed by atoms with Crippen LogP contribution in [0.5, 0.6) is 0 Å². The van der Waals surface area contributed by atoms with Crippen LogP contribution in [0.15, 0.2) is 0 Å². The minimum atomic E-state index is 0.720. The normalized spacial score (nSPS) is 37.3. The molecule has 2 unspecified atom stereocenters. The molecular weight excluding hydrogens is 174 g/mol. The van der Waals surface area contributed by atoms with Crippen LogP contribution in [-0.2, 0) is 0 Å². The molecule has 3 heteroatoms. The van der Waals surface area contributed by atoms with Gasteiger partial charge >= 0.3 is 0 Å². The minimum Gasteiger partial charge on any atom is -0.315 e. The number of rotatable bonds is 1. The lowest BCUT2D eigenvalue weighted by Crippen LogP contribution is -2.45. The van der Waals surface area contributed by atoms with E-state index in [1.165, 1.54) is 39.0 Å². The Morgan fingerprint density at radius 3 is 2.86 bits per heavy atom. The zero-order valence-corrected chi connectivity index (χ0v) is 9.50. The smallest absolute Gasteiger partial charge is 0.0620 e. The first-order valence-electron chi connectivity index (χ1n) is 5.92. The molecule has 2 aliphatic heterocycles. The molecule has 0 saturated carbocycles. The summed E-state index contributed by atoms with van der Waals surface area (Å²) in [6.45, 7) is 8.46. The van der Waals surface area contributed by atoms with Crippen LogP contribution in [0.25, 0.3) is 0 Å². The summed E-state index contributed by atoms with van der Waals surface area (Å²) in [5, 5.41) is 3.51. The fraction of sp³-hybridized carbons (Fsp3) is 1.00. The second-order valence-corrected chi connectivity index (χ2v) is 4.91. The Labute approximate surface area is 87.4 Å². The summed E-state index contributed by atoms with van der Waals surface area (Å²) in [4.78, 5) is 5.18. The van der Waals surface area contributed by atoms with Crippen molar-refractivity contribution in [2.75, 3.05) is 39.8 Å². The van der Waals surface area contributed by atoms with Gasteiger partial charge in [0.25, 0.3) is 0 Å². The van der Waals surface area contributed by atoms with Crippen LogP contribution in [0.2, 0.25) is 0 Å². The van der Waals surface area contributed by atoms with Crippen molar-refractivity contribution in [3.63, 3.8) is 0 Å². The van der Waals surface area contributed by atoms with Crippen LogP contribution in [0.1, 0.15) is 19.8 Å². The maximum Gasteiger partial charge on any atom is 0.0620 e. The second kappa shape index (κ2) is 4.60. The van der Waals surface area contributed by atoms with Gasteiger partial charge in [-0.05, 0) is 38.9 Å². The van der Waals surface area contributed by atoms with E-state index in [2.05, 4.69) is 29.1 Å². The third-order valence-corrected chi connectivity index (χ3v) is 3.52. The molecule has 0 radical (unpaired) electrons. The number of nitrogens with zero attached hydrogens (tertiary/aromatic N) is 2. The molecular formula is C11H23N3. The lowest BCUT2D eigenvalue weighted by atomic mass is 10.1. The van der Waals surface area contributed by atoms with Crippen molar-refractivity contribution in [3.05, 3.63) is 0 Å². The molecule has 0 amide bonds. The van der Waals surface area contributed by atoms with Crippen LogP contribution in [0, 0.1) is 5.92 Å². The highest BCUT2D eigenvalue weighted by Gasteiger charge is 2.28. The van der Waals surface area contributed by atoms with Crippen molar-refractivity contribution in [2.45, 2.75) is 25.9 Å². The molecule has 0 aromatic heterocycles. The summed E-state index contributed by atoms with van der Waals surface area (Å²) in [7, 11) is 2.26. The van der Waals surface area contributed by atoms with E-state index in [4.69, 9.17) is 0 Å². The highest BCUT2D eigenvalue weighted by atomic mass is 15.4. The lowest BCUT2D eigenvalue weighted by Gasteiger charge is -2.33. The maximum absolute atomic E-state index is 3.51. The summed E-state index contributed by atoms with van der Waals surface area (Å²) in [5.74, 6) is 0.798. The van der Waals surface area contributed by atoms with Crippen molar-refractivity contribution in [1.82, 2.24) is 15.1 Å². The van der Waals surface area contributed by atoms with E-state index in [-0.39, 0.29) is 0 Å². The van der Waals surface area contributed by atoms with Gasteiger partial charge in [0.1, 0.15) is 0 Å². The molecule has 2 rings (SSSR count). The maximum atomic E-state index is 3.51.